The quantitative estimate of drug-likeness (QED) is 0.249. The highest BCUT2D eigenvalue weighted by Gasteiger charge is 2.62. The van der Waals surface area contributed by atoms with Crippen molar-refractivity contribution in [2.24, 2.45) is 5.16 Å². The average Bonchev–Trinajstić information content (AvgIpc) is 3.34. The predicted octanol–water partition coefficient (Wildman–Crippen LogP) is 7.04. The topological polar surface area (TPSA) is 67.8 Å². The van der Waals surface area contributed by atoms with E-state index < -0.39 is 56.5 Å². The molecule has 38 heavy (non-hydrogen) atoms. The van der Waals surface area contributed by atoms with Crippen LogP contribution >= 0.6 is 23.2 Å². The molecule has 0 aliphatic carbocycles. The molecule has 3 aromatic carbocycles. The lowest BCUT2D eigenvalue weighted by molar-refractivity contribution is -0.275. The van der Waals surface area contributed by atoms with Crippen LogP contribution in [0.5, 0.6) is 0 Å². The molecule has 0 bridgehead atoms. The molecule has 0 saturated heterocycles. The number of halogens is 6. The zero-order chi connectivity index (χ0) is 27.8. The second-order valence-electron chi connectivity index (χ2n) is 8.58. The van der Waals surface area contributed by atoms with Gasteiger partial charge in [-0.1, -0.05) is 59.5 Å². The summed E-state index contributed by atoms with van der Waals surface area (Å²) in [7, 11) is -1.80. The zero-order valence-corrected chi connectivity index (χ0v) is 22.3. The minimum atomic E-state index is -4.95. The summed E-state index contributed by atoms with van der Waals surface area (Å²) in [6.45, 7) is 3.50. The number of aryl methyl sites for hydroxylation is 2. The number of benzene rings is 3. The Bertz CT molecular complexity index is 1460. The number of carbonyl (C=O) groups is 1. The molecule has 200 valence electrons. The van der Waals surface area contributed by atoms with Gasteiger partial charge in [0.05, 0.1) is 20.7 Å². The van der Waals surface area contributed by atoms with E-state index in [4.69, 9.17) is 28.0 Å². The first-order chi connectivity index (χ1) is 17.9. The van der Waals surface area contributed by atoms with E-state index in [0.717, 1.165) is 17.7 Å². The fourth-order valence-electron chi connectivity index (χ4n) is 4.12. The van der Waals surface area contributed by atoms with Crippen molar-refractivity contribution in [1.82, 2.24) is 4.72 Å². The first-order valence-corrected chi connectivity index (χ1v) is 13.2. The van der Waals surface area contributed by atoms with E-state index in [9.17, 15) is 26.6 Å². The number of alkyl halides is 3. The van der Waals surface area contributed by atoms with Gasteiger partial charge in [0.1, 0.15) is 0 Å². The summed E-state index contributed by atoms with van der Waals surface area (Å²) in [6, 6.07) is 12.9. The Morgan fingerprint density at radius 1 is 1.13 bits per heavy atom. The van der Waals surface area contributed by atoms with Gasteiger partial charge in [-0.25, -0.2) is 8.60 Å². The van der Waals surface area contributed by atoms with Gasteiger partial charge in [0.2, 0.25) is 0 Å². The van der Waals surface area contributed by atoms with Crippen LogP contribution in [0.25, 0.3) is 0 Å². The summed E-state index contributed by atoms with van der Waals surface area (Å²) in [5.41, 5.74) is -1.76. The van der Waals surface area contributed by atoms with Gasteiger partial charge in [-0.2, -0.15) is 13.2 Å². The largest absolute Gasteiger partial charge is 0.435 e. The summed E-state index contributed by atoms with van der Waals surface area (Å²) < 4.78 is 71.9. The normalized spacial score (nSPS) is 18.1. The number of oxime groups is 1. The molecule has 1 N–H and O–H groups in total. The minimum Gasteiger partial charge on any atom is -0.374 e. The molecule has 0 spiro atoms. The van der Waals surface area contributed by atoms with Crippen LogP contribution in [0.4, 0.5) is 17.6 Å². The van der Waals surface area contributed by atoms with Crippen molar-refractivity contribution >= 4 is 45.8 Å². The van der Waals surface area contributed by atoms with Crippen molar-refractivity contribution in [2.75, 3.05) is 0 Å². The molecule has 12 heteroatoms. The van der Waals surface area contributed by atoms with Crippen molar-refractivity contribution < 1.29 is 31.4 Å². The van der Waals surface area contributed by atoms with E-state index in [2.05, 4.69) is 9.88 Å². The van der Waals surface area contributed by atoms with Crippen LogP contribution in [0.2, 0.25) is 10.0 Å². The van der Waals surface area contributed by atoms with Gasteiger partial charge >= 0.3 is 6.18 Å². The first kappa shape index (κ1) is 28.1. The van der Waals surface area contributed by atoms with Gasteiger partial charge < -0.3 is 4.84 Å². The van der Waals surface area contributed by atoms with E-state index in [1.54, 1.807) is 19.1 Å². The van der Waals surface area contributed by atoms with Crippen molar-refractivity contribution in [2.45, 2.75) is 43.4 Å². The third kappa shape index (κ3) is 5.17. The minimum absolute atomic E-state index is 0.0468. The highest BCUT2D eigenvalue weighted by molar-refractivity contribution is 7.83. The Morgan fingerprint density at radius 3 is 2.39 bits per heavy atom. The predicted molar refractivity (Wildman–Crippen MR) is 137 cm³/mol. The van der Waals surface area contributed by atoms with Gasteiger partial charge in [-0.05, 0) is 60.4 Å². The molecule has 0 radical (unpaired) electrons. The molecule has 1 amide bonds. The Labute approximate surface area is 228 Å². The second-order valence-corrected chi connectivity index (χ2v) is 10.6. The summed E-state index contributed by atoms with van der Waals surface area (Å²) >= 11 is 11.5. The highest BCUT2D eigenvalue weighted by atomic mass is 35.5. The Hall–Kier alpha value is -2.95. The maximum atomic E-state index is 14.3. The highest BCUT2D eigenvalue weighted by Crippen LogP contribution is 2.50. The monoisotopic (exact) mass is 586 g/mol. The van der Waals surface area contributed by atoms with Crippen LogP contribution in [-0.4, -0.2) is 22.0 Å². The SMILES string of the molecule is CCc1ccccc1S(=O)NC(=O)c1ccc(C2=NOC(c3cc(Cl)c(F)c(Cl)c3)(C(F)(F)F)C2)cc1C. The van der Waals surface area contributed by atoms with Gasteiger partial charge in [0, 0.05) is 17.5 Å². The van der Waals surface area contributed by atoms with E-state index in [0.29, 0.717) is 16.9 Å². The van der Waals surface area contributed by atoms with Crippen molar-refractivity contribution in [3.05, 3.63) is 98.3 Å². The van der Waals surface area contributed by atoms with Crippen LogP contribution in [0.3, 0.4) is 0 Å². The number of nitrogens with zero attached hydrogens (tertiary/aromatic N) is 1. The van der Waals surface area contributed by atoms with Crippen LogP contribution < -0.4 is 4.72 Å². The molecule has 0 saturated carbocycles. The molecule has 0 fully saturated rings. The molecule has 4 rings (SSSR count). The number of hydrogen-bond acceptors (Lipinski definition) is 4. The smallest absolute Gasteiger partial charge is 0.374 e. The molecule has 1 aliphatic rings. The third-order valence-corrected chi connectivity index (χ3v) is 7.90. The molecule has 1 aliphatic heterocycles. The van der Waals surface area contributed by atoms with Crippen LogP contribution in [-0.2, 0) is 27.8 Å². The summed E-state index contributed by atoms with van der Waals surface area (Å²) in [6.07, 6.45) is -5.06. The van der Waals surface area contributed by atoms with E-state index >= 15 is 0 Å². The number of nitrogens with one attached hydrogen (secondary N) is 1. The molecule has 2 unspecified atom stereocenters. The second kappa shape index (κ2) is 10.7. The van der Waals surface area contributed by atoms with E-state index in [1.807, 2.05) is 19.1 Å². The third-order valence-electron chi connectivity index (χ3n) is 6.18. The first-order valence-electron chi connectivity index (χ1n) is 11.3. The Kier molecular flexibility index (Phi) is 7.88. The number of amides is 1. The van der Waals surface area contributed by atoms with Gasteiger partial charge in [-0.15, -0.1) is 0 Å². The molecule has 2 atom stereocenters. The Morgan fingerprint density at radius 2 is 1.79 bits per heavy atom. The van der Waals surface area contributed by atoms with Crippen LogP contribution in [0.1, 0.15) is 46.0 Å². The lowest BCUT2D eigenvalue weighted by atomic mass is 9.86. The summed E-state index contributed by atoms with van der Waals surface area (Å²) in [4.78, 5) is 18.3. The fraction of sp³-hybridized carbons (Fsp3) is 0.231. The lowest BCUT2D eigenvalue weighted by Crippen LogP contribution is -2.42. The van der Waals surface area contributed by atoms with Gasteiger partial charge in [0.25, 0.3) is 11.5 Å². The number of hydrogen-bond donors (Lipinski definition) is 1. The van der Waals surface area contributed by atoms with Gasteiger partial charge in [0.15, 0.2) is 16.8 Å². The van der Waals surface area contributed by atoms with E-state index in [-0.39, 0.29) is 16.8 Å². The summed E-state index contributed by atoms with van der Waals surface area (Å²) in [5.74, 6) is -1.65. The molecule has 0 aromatic heterocycles. The van der Waals surface area contributed by atoms with Crippen LogP contribution in [0.15, 0.2) is 64.6 Å². The maximum Gasteiger partial charge on any atom is 0.435 e. The molecular weight excluding hydrogens is 567 g/mol. The molecular formula is C26H20Cl2F4N2O3S. The molecule has 1 heterocycles. The number of carbonyl (C=O) groups excluding carboxylic acids is 1. The fourth-order valence-corrected chi connectivity index (χ4v) is 5.64. The number of rotatable bonds is 6. The maximum absolute atomic E-state index is 14.3. The summed E-state index contributed by atoms with van der Waals surface area (Å²) in [5, 5.41) is 2.50. The Balaban J connectivity index is 1.58. The zero-order valence-electron chi connectivity index (χ0n) is 20.0. The molecule has 3 aromatic rings. The lowest BCUT2D eigenvalue weighted by Gasteiger charge is -2.29. The average molecular weight is 587 g/mol. The van der Waals surface area contributed by atoms with Crippen LogP contribution in [0, 0.1) is 12.7 Å². The standard InChI is InChI=1S/C26H20Cl2F4N2O3S/c1-3-15-6-4-5-7-22(15)38(36)34-24(35)18-9-8-16(10-14(18)2)21-13-25(37-33-21,26(30,31)32)17-11-19(27)23(29)20(28)12-17/h4-12H,3,13H2,1-2H3,(H,34,35). The van der Waals surface area contributed by atoms with Crippen molar-refractivity contribution in [1.29, 1.82) is 0 Å². The van der Waals surface area contributed by atoms with Gasteiger partial charge in [-0.3, -0.25) is 9.52 Å². The molecule has 5 nitrogen and oxygen atoms in total. The van der Waals surface area contributed by atoms with E-state index in [1.165, 1.54) is 18.2 Å². The van der Waals surface area contributed by atoms with Crippen molar-refractivity contribution in [3.8, 4) is 0 Å². The van der Waals surface area contributed by atoms with Crippen molar-refractivity contribution in [3.63, 3.8) is 0 Å².